The Balaban J connectivity index is 2.45. The topological polar surface area (TPSA) is 67.3 Å². The Bertz CT molecular complexity index is 318. The molecule has 0 amide bonds. The van der Waals surface area contributed by atoms with Crippen LogP contribution < -0.4 is 16.9 Å². The van der Waals surface area contributed by atoms with E-state index in [0.29, 0.717) is 10.9 Å². The minimum absolute atomic E-state index is 0.467. The zero-order valence-corrected chi connectivity index (χ0v) is 8.03. The first-order chi connectivity index (χ1) is 6.20. The van der Waals surface area contributed by atoms with E-state index in [0.717, 1.165) is 30.5 Å². The Morgan fingerprint density at radius 1 is 1.54 bits per heavy atom. The van der Waals surface area contributed by atoms with Gasteiger partial charge in [0, 0.05) is 5.57 Å². The van der Waals surface area contributed by atoms with Crippen LogP contribution in [0.1, 0.15) is 19.3 Å². The van der Waals surface area contributed by atoms with Crippen LogP contribution in [0.2, 0.25) is 0 Å². The standard InChI is InChI=1S/C8H12N4S/c9-7-5-3-1-2-4-6(5)12(10)8(13)11-7/h4H,1-3,9-10H2,(H,11,13). The lowest BCUT2D eigenvalue weighted by Gasteiger charge is -2.33. The lowest BCUT2D eigenvalue weighted by Crippen LogP contribution is -2.50. The van der Waals surface area contributed by atoms with Crippen molar-refractivity contribution in [1.82, 2.24) is 10.3 Å². The van der Waals surface area contributed by atoms with Crippen molar-refractivity contribution in [3.8, 4) is 0 Å². The molecule has 4 nitrogen and oxygen atoms in total. The summed E-state index contributed by atoms with van der Waals surface area (Å²) in [5, 5.41) is 4.83. The van der Waals surface area contributed by atoms with Crippen LogP contribution in [0.3, 0.4) is 0 Å². The first-order valence-corrected chi connectivity index (χ1v) is 4.66. The highest BCUT2D eigenvalue weighted by molar-refractivity contribution is 7.80. The molecule has 0 bridgehead atoms. The van der Waals surface area contributed by atoms with E-state index in [1.54, 1.807) is 0 Å². The van der Waals surface area contributed by atoms with Gasteiger partial charge in [0.25, 0.3) is 0 Å². The highest BCUT2D eigenvalue weighted by atomic mass is 32.1. The summed E-state index contributed by atoms with van der Waals surface area (Å²) in [5.41, 5.74) is 7.85. The van der Waals surface area contributed by atoms with Gasteiger partial charge in [0.15, 0.2) is 5.11 Å². The van der Waals surface area contributed by atoms with E-state index in [-0.39, 0.29) is 0 Å². The maximum Gasteiger partial charge on any atom is 0.193 e. The lowest BCUT2D eigenvalue weighted by molar-refractivity contribution is 0.505. The van der Waals surface area contributed by atoms with E-state index in [2.05, 4.69) is 11.4 Å². The number of rotatable bonds is 0. The summed E-state index contributed by atoms with van der Waals surface area (Å²) < 4.78 is 0. The number of allylic oxidation sites excluding steroid dienone is 2. The summed E-state index contributed by atoms with van der Waals surface area (Å²) in [6.07, 6.45) is 5.23. The molecule has 2 aliphatic rings. The second-order valence-electron chi connectivity index (χ2n) is 3.17. The number of hydrogen-bond donors (Lipinski definition) is 3. The highest BCUT2D eigenvalue weighted by Crippen LogP contribution is 2.28. The molecule has 0 aromatic heterocycles. The molecule has 1 aliphatic carbocycles. The minimum atomic E-state index is 0.467. The third-order valence-electron chi connectivity index (χ3n) is 2.32. The number of nitrogens with two attached hydrogens (primary N) is 2. The van der Waals surface area contributed by atoms with Gasteiger partial charge in [-0.3, -0.25) is 5.01 Å². The molecule has 0 radical (unpaired) electrons. The van der Waals surface area contributed by atoms with Gasteiger partial charge < -0.3 is 11.1 Å². The Hall–Kier alpha value is -1.07. The first kappa shape index (κ1) is 8.52. The fourth-order valence-electron chi connectivity index (χ4n) is 1.65. The minimum Gasteiger partial charge on any atom is -0.385 e. The van der Waals surface area contributed by atoms with Gasteiger partial charge in [0.1, 0.15) is 5.82 Å². The summed E-state index contributed by atoms with van der Waals surface area (Å²) >= 11 is 5.01. The van der Waals surface area contributed by atoms with Crippen molar-refractivity contribution >= 4 is 17.3 Å². The van der Waals surface area contributed by atoms with Crippen LogP contribution in [0.15, 0.2) is 23.2 Å². The van der Waals surface area contributed by atoms with Crippen LogP contribution >= 0.6 is 12.2 Å². The molecule has 1 aliphatic heterocycles. The average Bonchev–Trinajstić information content (AvgIpc) is 2.15. The molecule has 5 heteroatoms. The molecule has 5 N–H and O–H groups in total. The van der Waals surface area contributed by atoms with E-state index in [1.165, 1.54) is 5.01 Å². The molecule has 0 aromatic rings. The third-order valence-corrected chi connectivity index (χ3v) is 2.62. The normalized spacial score (nSPS) is 22.4. The zero-order valence-electron chi connectivity index (χ0n) is 7.21. The molecule has 0 saturated carbocycles. The van der Waals surface area contributed by atoms with E-state index < -0.39 is 0 Å². The van der Waals surface area contributed by atoms with Crippen LogP contribution in [0.25, 0.3) is 0 Å². The zero-order chi connectivity index (χ0) is 9.42. The molecule has 2 rings (SSSR count). The van der Waals surface area contributed by atoms with Crippen molar-refractivity contribution in [3.63, 3.8) is 0 Å². The van der Waals surface area contributed by atoms with Gasteiger partial charge in [-0.05, 0) is 31.5 Å². The Morgan fingerprint density at radius 2 is 2.31 bits per heavy atom. The van der Waals surface area contributed by atoms with Crippen LogP contribution in [-0.2, 0) is 0 Å². The maximum absolute atomic E-state index is 5.80. The third kappa shape index (κ3) is 1.30. The van der Waals surface area contributed by atoms with Crippen molar-refractivity contribution in [1.29, 1.82) is 0 Å². The molecule has 70 valence electrons. The van der Waals surface area contributed by atoms with Crippen LogP contribution in [0.5, 0.6) is 0 Å². The molecular weight excluding hydrogens is 184 g/mol. The predicted molar refractivity (Wildman–Crippen MR) is 54.9 cm³/mol. The van der Waals surface area contributed by atoms with Crippen LogP contribution in [-0.4, -0.2) is 10.1 Å². The fraction of sp³-hybridized carbons (Fsp3) is 0.375. The lowest BCUT2D eigenvalue weighted by atomic mass is 9.97. The molecule has 0 aromatic carbocycles. The molecule has 0 unspecified atom stereocenters. The SMILES string of the molecule is NC1=C2CCCC=C2N(N)C(=S)N1. The summed E-state index contributed by atoms with van der Waals surface area (Å²) in [4.78, 5) is 0. The number of nitrogens with zero attached hydrogens (tertiary/aromatic N) is 1. The molecule has 0 spiro atoms. The van der Waals surface area contributed by atoms with Crippen LogP contribution in [0, 0.1) is 0 Å². The van der Waals surface area contributed by atoms with Gasteiger partial charge in [-0.15, -0.1) is 0 Å². The molecule has 1 heterocycles. The number of hydrogen-bond acceptors (Lipinski definition) is 3. The molecule has 13 heavy (non-hydrogen) atoms. The van der Waals surface area contributed by atoms with Crippen molar-refractivity contribution in [2.45, 2.75) is 19.3 Å². The molecule has 0 atom stereocenters. The van der Waals surface area contributed by atoms with E-state index in [9.17, 15) is 0 Å². The monoisotopic (exact) mass is 196 g/mol. The predicted octanol–water partition coefficient (Wildman–Crippen LogP) is 0.288. The second kappa shape index (κ2) is 3.01. The number of thiocarbonyl (C=S) groups is 1. The molecular formula is C8H12N4S. The van der Waals surface area contributed by atoms with E-state index in [1.807, 2.05) is 0 Å². The maximum atomic E-state index is 5.80. The first-order valence-electron chi connectivity index (χ1n) is 4.25. The number of hydrazine groups is 1. The number of nitrogens with one attached hydrogen (secondary N) is 1. The summed E-state index contributed by atoms with van der Waals surface area (Å²) in [5.74, 6) is 6.42. The van der Waals surface area contributed by atoms with Crippen LogP contribution in [0.4, 0.5) is 0 Å². The van der Waals surface area contributed by atoms with Gasteiger partial charge in [-0.25, -0.2) is 5.84 Å². The summed E-state index contributed by atoms with van der Waals surface area (Å²) in [6, 6.07) is 0. The Morgan fingerprint density at radius 3 is 3.08 bits per heavy atom. The summed E-state index contributed by atoms with van der Waals surface area (Å²) in [7, 11) is 0. The quantitative estimate of drug-likeness (QED) is 0.384. The fourth-order valence-corrected chi connectivity index (χ4v) is 1.85. The van der Waals surface area contributed by atoms with Crippen molar-refractivity contribution in [2.75, 3.05) is 0 Å². The molecule has 0 fully saturated rings. The van der Waals surface area contributed by atoms with Crippen molar-refractivity contribution < 1.29 is 0 Å². The highest BCUT2D eigenvalue weighted by Gasteiger charge is 2.25. The van der Waals surface area contributed by atoms with Gasteiger partial charge in [0.05, 0.1) is 5.70 Å². The Labute approximate surface area is 82.2 Å². The van der Waals surface area contributed by atoms with Crippen molar-refractivity contribution in [3.05, 3.63) is 23.2 Å². The van der Waals surface area contributed by atoms with Gasteiger partial charge in [-0.2, -0.15) is 0 Å². The largest absolute Gasteiger partial charge is 0.385 e. The second-order valence-corrected chi connectivity index (χ2v) is 3.56. The van der Waals surface area contributed by atoms with Gasteiger partial charge in [0.2, 0.25) is 0 Å². The summed E-state index contributed by atoms with van der Waals surface area (Å²) in [6.45, 7) is 0. The number of fused-ring (bicyclic) bond motifs is 1. The smallest absolute Gasteiger partial charge is 0.193 e. The van der Waals surface area contributed by atoms with Crippen molar-refractivity contribution in [2.24, 2.45) is 11.6 Å². The average molecular weight is 196 g/mol. The van der Waals surface area contributed by atoms with E-state index in [4.69, 9.17) is 23.8 Å². The molecule has 0 saturated heterocycles. The van der Waals surface area contributed by atoms with E-state index >= 15 is 0 Å². The van der Waals surface area contributed by atoms with Gasteiger partial charge in [-0.1, -0.05) is 6.08 Å². The van der Waals surface area contributed by atoms with Gasteiger partial charge >= 0.3 is 0 Å². The Kier molecular flexibility index (Phi) is 1.97.